The van der Waals surface area contributed by atoms with Crippen molar-refractivity contribution in [3.63, 3.8) is 0 Å². The Morgan fingerprint density at radius 1 is 1.20 bits per heavy atom. The Morgan fingerprint density at radius 3 is 2.53 bits per heavy atom. The molecule has 2 N–H and O–H groups in total. The maximum Gasteiger partial charge on any atom is 0.194 e. The summed E-state index contributed by atoms with van der Waals surface area (Å²) in [6.45, 7) is 9.61. The SMILES string of the molecule is CN=C(NCc1c(C)nn(CCOC)c1C)N1CCN(c2ccccc2O)CC1.I. The molecule has 0 amide bonds. The highest BCUT2D eigenvalue weighted by Gasteiger charge is 2.22. The summed E-state index contributed by atoms with van der Waals surface area (Å²) in [6, 6.07) is 7.51. The van der Waals surface area contributed by atoms with Gasteiger partial charge in [0.05, 0.1) is 24.5 Å². The Kier molecular flexibility index (Phi) is 9.22. The Bertz CT molecular complexity index is 846. The predicted molar refractivity (Wildman–Crippen MR) is 131 cm³/mol. The van der Waals surface area contributed by atoms with Gasteiger partial charge in [-0.25, -0.2) is 0 Å². The molecule has 3 rings (SSSR count). The highest BCUT2D eigenvalue weighted by molar-refractivity contribution is 14.0. The van der Waals surface area contributed by atoms with Crippen molar-refractivity contribution in [1.82, 2.24) is 20.0 Å². The number of benzene rings is 1. The number of nitrogens with one attached hydrogen (secondary N) is 1. The third-order valence-electron chi connectivity index (χ3n) is 5.48. The number of aryl methyl sites for hydroxylation is 1. The summed E-state index contributed by atoms with van der Waals surface area (Å²) in [4.78, 5) is 8.95. The fourth-order valence-corrected chi connectivity index (χ4v) is 3.78. The lowest BCUT2D eigenvalue weighted by atomic mass is 10.2. The van der Waals surface area contributed by atoms with Gasteiger partial charge in [0.2, 0.25) is 0 Å². The number of piperazine rings is 1. The van der Waals surface area contributed by atoms with E-state index in [1.54, 1.807) is 13.2 Å². The van der Waals surface area contributed by atoms with Crippen molar-refractivity contribution >= 4 is 35.6 Å². The zero-order valence-corrected chi connectivity index (χ0v) is 20.6. The van der Waals surface area contributed by atoms with E-state index in [-0.39, 0.29) is 24.0 Å². The molecule has 0 aliphatic carbocycles. The van der Waals surface area contributed by atoms with Crippen LogP contribution in [0.1, 0.15) is 17.0 Å². The molecule has 1 aromatic carbocycles. The van der Waals surface area contributed by atoms with Crippen molar-refractivity contribution in [3.8, 4) is 5.75 Å². The van der Waals surface area contributed by atoms with Crippen LogP contribution in [0.15, 0.2) is 29.3 Å². The van der Waals surface area contributed by atoms with Crippen molar-refractivity contribution in [3.05, 3.63) is 41.2 Å². The quantitative estimate of drug-likeness (QED) is 0.341. The van der Waals surface area contributed by atoms with E-state index in [1.807, 2.05) is 36.9 Å². The summed E-state index contributed by atoms with van der Waals surface area (Å²) in [5.41, 5.74) is 4.29. The van der Waals surface area contributed by atoms with Crippen molar-refractivity contribution < 1.29 is 9.84 Å². The molecule has 30 heavy (non-hydrogen) atoms. The van der Waals surface area contributed by atoms with Gasteiger partial charge in [-0.15, -0.1) is 24.0 Å². The highest BCUT2D eigenvalue weighted by Crippen LogP contribution is 2.27. The number of methoxy groups -OCH3 is 1. The van der Waals surface area contributed by atoms with Crippen molar-refractivity contribution in [2.24, 2.45) is 4.99 Å². The third kappa shape index (κ3) is 5.57. The number of anilines is 1. The van der Waals surface area contributed by atoms with Gasteiger partial charge >= 0.3 is 0 Å². The summed E-state index contributed by atoms with van der Waals surface area (Å²) in [5, 5.41) is 18.2. The first kappa shape index (κ1) is 24.3. The van der Waals surface area contributed by atoms with Crippen LogP contribution in [0.3, 0.4) is 0 Å². The zero-order chi connectivity index (χ0) is 20.8. The normalized spacial score (nSPS) is 14.6. The number of halogens is 1. The lowest BCUT2D eigenvalue weighted by Gasteiger charge is -2.37. The second-order valence-corrected chi connectivity index (χ2v) is 7.23. The molecule has 1 saturated heterocycles. The number of hydrogen-bond donors (Lipinski definition) is 2. The molecule has 9 heteroatoms. The van der Waals surface area contributed by atoms with E-state index in [0.717, 1.165) is 55.8 Å². The molecule has 2 heterocycles. The molecule has 0 spiro atoms. The van der Waals surface area contributed by atoms with Gasteiger partial charge in [-0.1, -0.05) is 12.1 Å². The number of rotatable bonds is 6. The summed E-state index contributed by atoms with van der Waals surface area (Å²) in [5.74, 6) is 1.23. The van der Waals surface area contributed by atoms with Crippen molar-refractivity contribution in [2.75, 3.05) is 51.8 Å². The summed E-state index contributed by atoms with van der Waals surface area (Å²) in [6.07, 6.45) is 0. The van der Waals surface area contributed by atoms with Gasteiger partial charge in [0.15, 0.2) is 5.96 Å². The monoisotopic (exact) mass is 528 g/mol. The number of aliphatic imine (C=N–C) groups is 1. The number of phenolic OH excluding ortho intramolecular Hbond substituents is 1. The minimum atomic E-state index is 0. The van der Waals surface area contributed by atoms with Crippen LogP contribution in [0.5, 0.6) is 5.75 Å². The second-order valence-electron chi connectivity index (χ2n) is 7.23. The van der Waals surface area contributed by atoms with Gasteiger partial charge in [-0.05, 0) is 26.0 Å². The number of aromatic hydroxyl groups is 1. The van der Waals surface area contributed by atoms with Crippen LogP contribution in [0, 0.1) is 13.8 Å². The Hall–Kier alpha value is -2.01. The van der Waals surface area contributed by atoms with Crippen molar-refractivity contribution in [2.45, 2.75) is 26.9 Å². The van der Waals surface area contributed by atoms with Gasteiger partial charge < -0.3 is 25.0 Å². The Morgan fingerprint density at radius 2 is 1.90 bits per heavy atom. The van der Waals surface area contributed by atoms with Gasteiger partial charge in [0.25, 0.3) is 0 Å². The summed E-state index contributed by atoms with van der Waals surface area (Å²) < 4.78 is 7.17. The number of phenols is 1. The molecule has 2 aromatic rings. The molecule has 0 atom stereocenters. The molecule has 0 unspecified atom stereocenters. The first-order chi connectivity index (χ1) is 14.0. The Labute approximate surface area is 195 Å². The molecule has 1 aliphatic heterocycles. The van der Waals surface area contributed by atoms with E-state index in [2.05, 4.69) is 32.1 Å². The molecule has 1 aromatic heterocycles. The maximum atomic E-state index is 10.1. The van der Waals surface area contributed by atoms with Crippen molar-refractivity contribution in [1.29, 1.82) is 0 Å². The fraction of sp³-hybridized carbons (Fsp3) is 0.524. The average Bonchev–Trinajstić information content (AvgIpc) is 3.01. The molecule has 0 saturated carbocycles. The topological polar surface area (TPSA) is 78.2 Å². The summed E-state index contributed by atoms with van der Waals surface area (Å²) in [7, 11) is 3.52. The van der Waals surface area contributed by atoms with Crippen LogP contribution in [0.4, 0.5) is 5.69 Å². The van der Waals surface area contributed by atoms with Gasteiger partial charge in [-0.3, -0.25) is 9.67 Å². The van der Waals surface area contributed by atoms with E-state index in [9.17, 15) is 5.11 Å². The number of nitrogens with zero attached hydrogens (tertiary/aromatic N) is 5. The standard InChI is InChI=1S/C21H32N6O2.HI/c1-16-18(17(2)27(24-16)13-14-29-4)15-23-21(22-3)26-11-9-25(10-12-26)19-7-5-6-8-20(19)28;/h5-8,28H,9-15H2,1-4H3,(H,22,23);1H. The molecule has 1 aliphatic rings. The number of hydrogen-bond acceptors (Lipinski definition) is 5. The predicted octanol–water partition coefficient (Wildman–Crippen LogP) is 2.37. The van der Waals surface area contributed by atoms with E-state index in [0.29, 0.717) is 18.9 Å². The lowest BCUT2D eigenvalue weighted by Crippen LogP contribution is -2.52. The van der Waals surface area contributed by atoms with Crippen LogP contribution in [-0.4, -0.2) is 72.7 Å². The molecular formula is C21H33IN6O2. The third-order valence-corrected chi connectivity index (χ3v) is 5.48. The van der Waals surface area contributed by atoms with Gasteiger partial charge in [0.1, 0.15) is 5.75 Å². The molecule has 166 valence electrons. The maximum absolute atomic E-state index is 10.1. The first-order valence-corrected chi connectivity index (χ1v) is 10.1. The number of para-hydroxylation sites is 2. The minimum absolute atomic E-state index is 0. The highest BCUT2D eigenvalue weighted by atomic mass is 127. The number of aromatic nitrogens is 2. The van der Waals surface area contributed by atoms with E-state index in [1.165, 1.54) is 5.56 Å². The van der Waals surface area contributed by atoms with Crippen LogP contribution in [-0.2, 0) is 17.8 Å². The second kappa shape index (κ2) is 11.4. The number of ether oxygens (including phenoxy) is 1. The van der Waals surface area contributed by atoms with E-state index < -0.39 is 0 Å². The zero-order valence-electron chi connectivity index (χ0n) is 18.3. The molecular weight excluding hydrogens is 495 g/mol. The average molecular weight is 528 g/mol. The molecule has 0 bridgehead atoms. The van der Waals surface area contributed by atoms with Crippen LogP contribution >= 0.6 is 24.0 Å². The van der Waals surface area contributed by atoms with Gasteiger partial charge in [-0.2, -0.15) is 5.10 Å². The van der Waals surface area contributed by atoms with Crippen LogP contribution in [0.2, 0.25) is 0 Å². The van der Waals surface area contributed by atoms with Crippen LogP contribution in [0.25, 0.3) is 0 Å². The lowest BCUT2D eigenvalue weighted by molar-refractivity contribution is 0.182. The Balaban J connectivity index is 0.00000320. The minimum Gasteiger partial charge on any atom is -0.506 e. The van der Waals surface area contributed by atoms with Crippen LogP contribution < -0.4 is 10.2 Å². The molecule has 1 fully saturated rings. The van der Waals surface area contributed by atoms with E-state index in [4.69, 9.17) is 4.74 Å². The fourth-order valence-electron chi connectivity index (χ4n) is 3.78. The van der Waals surface area contributed by atoms with E-state index >= 15 is 0 Å². The molecule has 8 nitrogen and oxygen atoms in total. The molecule has 0 radical (unpaired) electrons. The van der Waals surface area contributed by atoms with Gasteiger partial charge in [0, 0.05) is 58.1 Å². The largest absolute Gasteiger partial charge is 0.506 e. The summed E-state index contributed by atoms with van der Waals surface area (Å²) >= 11 is 0. The first-order valence-electron chi connectivity index (χ1n) is 10.1. The number of guanidine groups is 1. The smallest absolute Gasteiger partial charge is 0.194 e.